The lowest BCUT2D eigenvalue weighted by atomic mass is 9.86. The van der Waals surface area contributed by atoms with Gasteiger partial charge in [0.2, 0.25) is 0 Å². The average molecular weight is 500 g/mol. The monoisotopic (exact) mass is 500 g/mol. The second-order valence-electron chi connectivity index (χ2n) is 5.90. The highest BCUT2D eigenvalue weighted by molar-refractivity contribution is 14.1. The maximum Gasteiger partial charge on any atom is 0.522 e. The van der Waals surface area contributed by atoms with Gasteiger partial charge in [-0.15, -0.1) is 0 Å². The summed E-state index contributed by atoms with van der Waals surface area (Å²) in [7, 11) is -5.84. The van der Waals surface area contributed by atoms with Gasteiger partial charge < -0.3 is 0 Å². The molecule has 26 heavy (non-hydrogen) atoms. The van der Waals surface area contributed by atoms with Crippen molar-refractivity contribution in [2.75, 3.05) is 0 Å². The molecule has 0 atom stereocenters. The van der Waals surface area contributed by atoms with Gasteiger partial charge in [0, 0.05) is 3.57 Å². The topological polar surface area (TPSA) is 54.4 Å². The van der Waals surface area contributed by atoms with Crippen molar-refractivity contribution in [1.82, 2.24) is 0 Å². The Labute approximate surface area is 165 Å². The molecule has 0 bridgehead atoms. The van der Waals surface area contributed by atoms with Gasteiger partial charge in [-0.3, -0.25) is 4.55 Å². The lowest BCUT2D eigenvalue weighted by Gasteiger charge is -2.19. The van der Waals surface area contributed by atoms with Gasteiger partial charge in [0.15, 0.2) is 0 Å². The first-order valence-corrected chi connectivity index (χ1v) is 10.1. The molecule has 0 aromatic heterocycles. The Hall–Kier alpha value is -1.13. The number of hydrogen-bond donors (Lipinski definition) is 1. The van der Waals surface area contributed by atoms with Crippen LogP contribution in [0.1, 0.15) is 27.8 Å². The second-order valence-corrected chi connectivity index (χ2v) is 8.48. The fourth-order valence-corrected chi connectivity index (χ4v) is 3.23. The second kappa shape index (κ2) is 8.26. The van der Waals surface area contributed by atoms with Crippen molar-refractivity contribution >= 4 is 32.7 Å². The van der Waals surface area contributed by atoms with E-state index in [1.807, 2.05) is 0 Å². The predicted octanol–water partition coefficient (Wildman–Crippen LogP) is 5.89. The minimum Gasteiger partial charge on any atom is -0.279 e. The van der Waals surface area contributed by atoms with Gasteiger partial charge in [-0.05, 0) is 102 Å². The van der Waals surface area contributed by atoms with E-state index in [-0.39, 0.29) is 0 Å². The van der Waals surface area contributed by atoms with E-state index in [1.54, 1.807) is 0 Å². The first kappa shape index (κ1) is 22.9. The molecule has 0 unspecified atom stereocenters. The third kappa shape index (κ3) is 4.98. The molecule has 0 spiro atoms. The zero-order valence-electron chi connectivity index (χ0n) is 15.0. The van der Waals surface area contributed by atoms with Crippen LogP contribution in [0.25, 0.3) is 11.1 Å². The highest BCUT2D eigenvalue weighted by Gasteiger charge is 2.44. The first-order chi connectivity index (χ1) is 11.7. The maximum atomic E-state index is 10.7. The molecular formula is C18H20F3IO3S. The van der Waals surface area contributed by atoms with Gasteiger partial charge in [0.25, 0.3) is 0 Å². The fraction of sp³-hybridized carbons (Fsp3) is 0.333. The van der Waals surface area contributed by atoms with Crippen LogP contribution in [0.5, 0.6) is 0 Å². The number of rotatable bonds is 1. The van der Waals surface area contributed by atoms with Crippen LogP contribution in [0.4, 0.5) is 13.2 Å². The van der Waals surface area contributed by atoms with Crippen LogP contribution in [0.2, 0.25) is 0 Å². The molecule has 144 valence electrons. The molecule has 2 rings (SSSR count). The molecule has 0 fully saturated rings. The fourth-order valence-electron chi connectivity index (χ4n) is 2.57. The summed E-state index contributed by atoms with van der Waals surface area (Å²) in [5, 5.41) is 0. The normalized spacial score (nSPS) is 11.8. The molecule has 3 nitrogen and oxygen atoms in total. The van der Waals surface area contributed by atoms with E-state index < -0.39 is 15.6 Å². The van der Waals surface area contributed by atoms with Gasteiger partial charge in [-0.25, -0.2) is 0 Å². The van der Waals surface area contributed by atoms with Crippen molar-refractivity contribution in [1.29, 1.82) is 0 Å². The number of halogens is 4. The van der Waals surface area contributed by atoms with Gasteiger partial charge in [0.1, 0.15) is 0 Å². The highest BCUT2D eigenvalue weighted by atomic mass is 127. The van der Waals surface area contributed by atoms with Crippen molar-refractivity contribution in [2.24, 2.45) is 0 Å². The molecule has 8 heteroatoms. The Morgan fingerprint density at radius 2 is 1.19 bits per heavy atom. The van der Waals surface area contributed by atoms with Crippen LogP contribution in [0.3, 0.4) is 0 Å². The lowest BCUT2D eigenvalue weighted by Crippen LogP contribution is -2.21. The summed E-state index contributed by atoms with van der Waals surface area (Å²) in [5.41, 5.74) is 4.35. The van der Waals surface area contributed by atoms with Crippen LogP contribution in [0, 0.1) is 38.2 Å². The molecule has 0 aliphatic rings. The summed E-state index contributed by atoms with van der Waals surface area (Å²) in [4.78, 5) is 0. The predicted molar refractivity (Wildman–Crippen MR) is 106 cm³/mol. The summed E-state index contributed by atoms with van der Waals surface area (Å²) in [6.07, 6.45) is 0. The summed E-state index contributed by atoms with van der Waals surface area (Å²) in [5.74, 6) is 0. The van der Waals surface area contributed by atoms with Gasteiger partial charge in [0.05, 0.1) is 0 Å². The molecule has 2 aromatic carbocycles. The van der Waals surface area contributed by atoms with Crippen molar-refractivity contribution in [3.63, 3.8) is 0 Å². The summed E-state index contributed by atoms with van der Waals surface area (Å²) in [6.45, 7) is 11.2. The van der Waals surface area contributed by atoms with E-state index >= 15 is 0 Å². The quantitative estimate of drug-likeness (QED) is 0.302. The van der Waals surface area contributed by atoms with E-state index in [0.717, 1.165) is 0 Å². The molecule has 0 radical (unpaired) electrons. The van der Waals surface area contributed by atoms with Crippen LogP contribution in [-0.2, 0) is 10.1 Å². The van der Waals surface area contributed by atoms with Gasteiger partial charge in [-0.2, -0.15) is 21.6 Å². The highest BCUT2D eigenvalue weighted by Crippen LogP contribution is 2.36. The zero-order valence-corrected chi connectivity index (χ0v) is 18.0. The minimum absolute atomic E-state index is 1.32. The zero-order chi connectivity index (χ0) is 20.4. The summed E-state index contributed by atoms with van der Waals surface area (Å²) in [6, 6.07) is 8.63. The van der Waals surface area contributed by atoms with E-state index in [1.165, 1.54) is 42.5 Å². The summed E-state index contributed by atoms with van der Waals surface area (Å²) >= 11 is 2.43. The van der Waals surface area contributed by atoms with E-state index in [2.05, 4.69) is 81.5 Å². The Kier molecular flexibility index (Phi) is 7.28. The number of benzene rings is 2. The van der Waals surface area contributed by atoms with Crippen LogP contribution in [0.15, 0.2) is 24.3 Å². The van der Waals surface area contributed by atoms with Crippen LogP contribution < -0.4 is 0 Å². The van der Waals surface area contributed by atoms with E-state index in [9.17, 15) is 13.2 Å². The molecule has 0 saturated carbocycles. The van der Waals surface area contributed by atoms with Gasteiger partial charge in [-0.1, -0.05) is 18.2 Å². The molecule has 0 amide bonds. The molecule has 0 aliphatic heterocycles. The summed E-state index contributed by atoms with van der Waals surface area (Å²) < 4.78 is 58.9. The number of alkyl halides is 3. The van der Waals surface area contributed by atoms with Crippen molar-refractivity contribution in [3.05, 3.63) is 55.7 Å². The van der Waals surface area contributed by atoms with Crippen LogP contribution in [-0.4, -0.2) is 18.5 Å². The first-order valence-electron chi connectivity index (χ1n) is 7.55. The molecule has 0 saturated heterocycles. The Morgan fingerprint density at radius 1 is 0.846 bits per heavy atom. The van der Waals surface area contributed by atoms with Gasteiger partial charge >= 0.3 is 15.6 Å². The maximum absolute atomic E-state index is 10.7. The lowest BCUT2D eigenvalue weighted by molar-refractivity contribution is -0.0510. The smallest absolute Gasteiger partial charge is 0.279 e. The van der Waals surface area contributed by atoms with Crippen molar-refractivity contribution in [2.45, 2.75) is 40.1 Å². The SMILES string of the molecule is Cc1c(C)c(C)c(-c2ccccc2I)c(C)c1C.O=S(=O)(O)C(F)(F)F. The Bertz CT molecular complexity index is 891. The van der Waals surface area contributed by atoms with E-state index in [0.29, 0.717) is 0 Å². The number of hydrogen-bond acceptors (Lipinski definition) is 2. The van der Waals surface area contributed by atoms with Crippen molar-refractivity contribution in [3.8, 4) is 11.1 Å². The minimum atomic E-state index is -5.84. The average Bonchev–Trinajstić information content (AvgIpc) is 2.52. The molecule has 0 heterocycles. The molecule has 2 aromatic rings. The van der Waals surface area contributed by atoms with Crippen LogP contribution >= 0.6 is 22.6 Å². The Morgan fingerprint density at radius 3 is 1.54 bits per heavy atom. The third-order valence-corrected chi connectivity index (χ3v) is 5.96. The van der Waals surface area contributed by atoms with E-state index in [4.69, 9.17) is 13.0 Å². The standard InChI is InChI=1S/C17H19I.CHF3O3S/c1-10-11(2)13(4)17(14(5)12(10)3)15-8-6-7-9-16(15)18;2-1(3,4)8(5,6)7/h6-9H,1-5H3;(H,5,6,7). The molecular weight excluding hydrogens is 480 g/mol. The molecule has 1 N–H and O–H groups in total. The Balaban J connectivity index is 0.000000359. The third-order valence-electron chi connectivity index (χ3n) is 4.44. The molecule has 0 aliphatic carbocycles. The van der Waals surface area contributed by atoms with Crippen molar-refractivity contribution < 1.29 is 26.1 Å². The largest absolute Gasteiger partial charge is 0.522 e.